The van der Waals surface area contributed by atoms with Gasteiger partial charge in [-0.25, -0.2) is 8.42 Å². The summed E-state index contributed by atoms with van der Waals surface area (Å²) in [6.07, 6.45) is 1.50. The minimum atomic E-state index is -3.77. The zero-order chi connectivity index (χ0) is 15.2. The second-order valence-electron chi connectivity index (χ2n) is 4.04. The summed E-state index contributed by atoms with van der Waals surface area (Å²) in [5.41, 5.74) is 5.66. The number of aryl methyl sites for hydroxylation is 1. The third-order valence-electron chi connectivity index (χ3n) is 2.71. The molecule has 1 rings (SSSR count). The molecule has 0 atom stereocenters. The Morgan fingerprint density at radius 2 is 2.25 bits per heavy atom. The van der Waals surface area contributed by atoms with E-state index in [0.717, 1.165) is 0 Å². The van der Waals surface area contributed by atoms with Crippen LogP contribution in [0.3, 0.4) is 0 Å². The quantitative estimate of drug-likeness (QED) is 0.725. The van der Waals surface area contributed by atoms with Gasteiger partial charge in [-0.1, -0.05) is 0 Å². The highest BCUT2D eigenvalue weighted by Crippen LogP contribution is 2.21. The van der Waals surface area contributed by atoms with Gasteiger partial charge in [0.25, 0.3) is 0 Å². The lowest BCUT2D eigenvalue weighted by Crippen LogP contribution is -2.35. The summed E-state index contributed by atoms with van der Waals surface area (Å²) in [5, 5.41) is 12.6. The van der Waals surface area contributed by atoms with Crippen LogP contribution in [0.1, 0.15) is 13.3 Å². The Morgan fingerprint density at radius 1 is 1.55 bits per heavy atom. The molecule has 112 valence electrons. The van der Waals surface area contributed by atoms with Crippen LogP contribution in [0.15, 0.2) is 11.1 Å². The van der Waals surface area contributed by atoms with Crippen molar-refractivity contribution in [1.29, 1.82) is 5.26 Å². The first-order valence-corrected chi connectivity index (χ1v) is 7.60. The molecule has 0 aliphatic rings. The third-order valence-corrected chi connectivity index (χ3v) is 4.63. The summed E-state index contributed by atoms with van der Waals surface area (Å²) < 4.78 is 32.6. The lowest BCUT2D eigenvalue weighted by atomic mass is 10.4. The average Bonchev–Trinajstić information content (AvgIpc) is 2.80. The number of aromatic nitrogens is 2. The molecular formula is C11H19N5O3S. The molecule has 1 heterocycles. The molecule has 9 heteroatoms. The van der Waals surface area contributed by atoms with E-state index in [9.17, 15) is 8.42 Å². The van der Waals surface area contributed by atoms with Crippen molar-refractivity contribution in [1.82, 2.24) is 14.1 Å². The predicted octanol–water partition coefficient (Wildman–Crippen LogP) is 0.0360. The van der Waals surface area contributed by atoms with Gasteiger partial charge in [0.1, 0.15) is 4.90 Å². The Labute approximate surface area is 118 Å². The number of nitriles is 1. The van der Waals surface area contributed by atoms with Gasteiger partial charge in [0.2, 0.25) is 10.0 Å². The summed E-state index contributed by atoms with van der Waals surface area (Å²) in [5.74, 6) is -0.0359. The number of nitrogen functional groups attached to an aromatic ring is 1. The van der Waals surface area contributed by atoms with E-state index < -0.39 is 10.0 Å². The maximum Gasteiger partial charge on any atom is 0.248 e. The Balaban J connectivity index is 3.07. The first kappa shape index (κ1) is 16.4. The van der Waals surface area contributed by atoms with Crippen LogP contribution in [0.5, 0.6) is 0 Å². The Bertz CT molecular complexity index is 575. The van der Waals surface area contributed by atoms with Crippen molar-refractivity contribution in [2.24, 2.45) is 0 Å². The molecule has 0 radical (unpaired) electrons. The summed E-state index contributed by atoms with van der Waals surface area (Å²) in [6, 6.07) is 1.93. The van der Waals surface area contributed by atoms with Gasteiger partial charge in [-0.2, -0.15) is 14.7 Å². The van der Waals surface area contributed by atoms with E-state index in [-0.39, 0.29) is 36.8 Å². The third kappa shape index (κ3) is 3.69. The Kier molecular flexibility index (Phi) is 5.94. The first-order chi connectivity index (χ1) is 9.47. The highest BCUT2D eigenvalue weighted by molar-refractivity contribution is 7.89. The molecule has 0 bridgehead atoms. The van der Waals surface area contributed by atoms with Crippen molar-refractivity contribution in [3.05, 3.63) is 6.20 Å². The van der Waals surface area contributed by atoms with E-state index in [4.69, 9.17) is 15.7 Å². The van der Waals surface area contributed by atoms with Crippen LogP contribution >= 0.6 is 0 Å². The monoisotopic (exact) mass is 301 g/mol. The minimum absolute atomic E-state index is 0.0339. The fourth-order valence-corrected chi connectivity index (χ4v) is 3.12. The summed E-state index contributed by atoms with van der Waals surface area (Å²) in [7, 11) is -2.29. The number of hydrogen-bond donors (Lipinski definition) is 1. The highest BCUT2D eigenvalue weighted by atomic mass is 32.2. The molecule has 0 saturated carbocycles. The molecule has 0 aromatic carbocycles. The van der Waals surface area contributed by atoms with E-state index in [1.165, 1.54) is 22.3 Å². The summed E-state index contributed by atoms with van der Waals surface area (Å²) in [4.78, 5) is -0.0339. The molecule has 0 saturated heterocycles. The van der Waals surface area contributed by atoms with Crippen molar-refractivity contribution in [3.63, 3.8) is 0 Å². The van der Waals surface area contributed by atoms with Gasteiger partial charge in [-0.15, -0.1) is 0 Å². The fourth-order valence-electron chi connectivity index (χ4n) is 1.64. The van der Waals surface area contributed by atoms with Crippen LogP contribution in [-0.4, -0.2) is 49.3 Å². The van der Waals surface area contributed by atoms with Crippen molar-refractivity contribution < 1.29 is 13.2 Å². The number of ether oxygens (including phenoxy) is 1. The van der Waals surface area contributed by atoms with Crippen LogP contribution in [-0.2, 0) is 21.3 Å². The summed E-state index contributed by atoms with van der Waals surface area (Å²) >= 11 is 0. The van der Waals surface area contributed by atoms with Crippen LogP contribution in [0, 0.1) is 11.3 Å². The molecule has 0 fully saturated rings. The number of anilines is 1. The zero-order valence-corrected chi connectivity index (χ0v) is 12.4. The number of hydrogen-bond acceptors (Lipinski definition) is 6. The summed E-state index contributed by atoms with van der Waals surface area (Å²) in [6.45, 7) is 2.86. The number of rotatable bonds is 8. The molecule has 8 nitrogen and oxygen atoms in total. The molecule has 0 aliphatic carbocycles. The molecular weight excluding hydrogens is 282 g/mol. The van der Waals surface area contributed by atoms with Gasteiger partial charge in [-0.05, 0) is 6.92 Å². The van der Waals surface area contributed by atoms with E-state index in [2.05, 4.69) is 5.10 Å². The Hall–Kier alpha value is -1.63. The topological polar surface area (TPSA) is 114 Å². The van der Waals surface area contributed by atoms with E-state index in [0.29, 0.717) is 6.54 Å². The van der Waals surface area contributed by atoms with Gasteiger partial charge in [0.05, 0.1) is 12.7 Å². The standard InChI is InChI=1S/C11H19N5O3S/c1-3-15-9-10(11(13)14-15)20(17,18)16(6-4-5-12)7-8-19-2/h9H,3-4,6-8H2,1-2H3,(H2,13,14). The predicted molar refractivity (Wildman–Crippen MR) is 73.2 cm³/mol. The smallest absolute Gasteiger partial charge is 0.248 e. The molecule has 1 aromatic rings. The van der Waals surface area contributed by atoms with Gasteiger partial charge in [0.15, 0.2) is 5.82 Å². The largest absolute Gasteiger partial charge is 0.383 e. The highest BCUT2D eigenvalue weighted by Gasteiger charge is 2.28. The van der Waals surface area contributed by atoms with Crippen molar-refractivity contribution in [2.45, 2.75) is 24.8 Å². The maximum atomic E-state index is 12.5. The number of sulfonamides is 1. The lowest BCUT2D eigenvalue weighted by molar-refractivity contribution is 0.179. The van der Waals surface area contributed by atoms with E-state index >= 15 is 0 Å². The second kappa shape index (κ2) is 7.23. The molecule has 0 amide bonds. The van der Waals surface area contributed by atoms with Crippen LogP contribution in [0.4, 0.5) is 5.82 Å². The minimum Gasteiger partial charge on any atom is -0.383 e. The van der Waals surface area contributed by atoms with Crippen molar-refractivity contribution >= 4 is 15.8 Å². The maximum absolute atomic E-state index is 12.5. The van der Waals surface area contributed by atoms with Crippen LogP contribution < -0.4 is 5.73 Å². The van der Waals surface area contributed by atoms with E-state index in [1.54, 1.807) is 0 Å². The first-order valence-electron chi connectivity index (χ1n) is 6.16. The normalized spacial score (nSPS) is 11.7. The molecule has 0 aliphatic heterocycles. The van der Waals surface area contributed by atoms with Gasteiger partial charge >= 0.3 is 0 Å². The van der Waals surface area contributed by atoms with Crippen LogP contribution in [0.2, 0.25) is 0 Å². The molecule has 0 spiro atoms. The number of nitrogens with zero attached hydrogens (tertiary/aromatic N) is 4. The SMILES string of the molecule is CCn1cc(S(=O)(=O)N(CCC#N)CCOC)c(N)n1. The second-order valence-corrected chi connectivity index (χ2v) is 5.95. The molecule has 20 heavy (non-hydrogen) atoms. The van der Waals surface area contributed by atoms with Gasteiger partial charge in [0, 0.05) is 39.4 Å². The van der Waals surface area contributed by atoms with E-state index in [1.807, 2.05) is 13.0 Å². The molecule has 1 aromatic heterocycles. The number of nitrogens with two attached hydrogens (primary N) is 1. The van der Waals surface area contributed by atoms with Gasteiger partial charge < -0.3 is 10.5 Å². The number of methoxy groups -OCH3 is 1. The van der Waals surface area contributed by atoms with Crippen molar-refractivity contribution in [2.75, 3.05) is 32.5 Å². The van der Waals surface area contributed by atoms with Crippen molar-refractivity contribution in [3.8, 4) is 6.07 Å². The molecule has 0 unspecified atom stereocenters. The Morgan fingerprint density at radius 3 is 2.75 bits per heavy atom. The van der Waals surface area contributed by atoms with Gasteiger partial charge in [-0.3, -0.25) is 4.68 Å². The molecule has 2 N–H and O–H groups in total. The zero-order valence-electron chi connectivity index (χ0n) is 11.6. The fraction of sp³-hybridized carbons (Fsp3) is 0.636. The lowest BCUT2D eigenvalue weighted by Gasteiger charge is -2.20. The average molecular weight is 301 g/mol. The van der Waals surface area contributed by atoms with Crippen LogP contribution in [0.25, 0.3) is 0 Å².